The van der Waals surface area contributed by atoms with Gasteiger partial charge in [0.2, 0.25) is 5.91 Å². The molecular formula is C21H21N3O3S. The molecule has 28 heavy (non-hydrogen) atoms. The number of ether oxygens (including phenoxy) is 1. The smallest absolute Gasteiger partial charge is 0.339 e. The van der Waals surface area contributed by atoms with Gasteiger partial charge in [-0.15, -0.1) is 11.3 Å². The number of para-hydroxylation sites is 1. The molecule has 144 valence electrons. The summed E-state index contributed by atoms with van der Waals surface area (Å²) in [5, 5.41) is 8.56. The molecule has 3 aromatic rings. The summed E-state index contributed by atoms with van der Waals surface area (Å²) < 4.78 is 4.74. The van der Waals surface area contributed by atoms with Gasteiger partial charge in [-0.25, -0.2) is 9.78 Å². The number of anilines is 3. The van der Waals surface area contributed by atoms with Crippen molar-refractivity contribution >= 4 is 39.7 Å². The van der Waals surface area contributed by atoms with E-state index in [2.05, 4.69) is 34.7 Å². The van der Waals surface area contributed by atoms with E-state index in [0.717, 1.165) is 17.2 Å². The zero-order chi connectivity index (χ0) is 19.9. The van der Waals surface area contributed by atoms with Crippen LogP contribution in [0.3, 0.4) is 0 Å². The molecule has 0 atom stereocenters. The van der Waals surface area contributed by atoms with Gasteiger partial charge in [-0.1, -0.05) is 31.2 Å². The first-order chi connectivity index (χ1) is 13.6. The molecule has 1 aromatic heterocycles. The molecule has 0 unspecified atom stereocenters. The molecular weight excluding hydrogens is 374 g/mol. The first kappa shape index (κ1) is 19.6. The molecule has 0 fully saturated rings. The number of aromatic nitrogens is 1. The lowest BCUT2D eigenvalue weighted by atomic mass is 10.1. The fraction of sp³-hybridized carbons (Fsp3) is 0.190. The Hall–Kier alpha value is -3.19. The first-order valence-corrected chi connectivity index (χ1v) is 9.74. The fourth-order valence-corrected chi connectivity index (χ4v) is 3.36. The number of methoxy groups -OCH3 is 1. The maximum atomic E-state index is 12.4. The van der Waals surface area contributed by atoms with Crippen molar-refractivity contribution in [3.63, 3.8) is 0 Å². The van der Waals surface area contributed by atoms with Crippen LogP contribution in [0.5, 0.6) is 0 Å². The molecule has 3 rings (SSSR count). The maximum Gasteiger partial charge on any atom is 0.339 e. The van der Waals surface area contributed by atoms with Crippen molar-refractivity contribution < 1.29 is 14.3 Å². The van der Waals surface area contributed by atoms with E-state index >= 15 is 0 Å². The van der Waals surface area contributed by atoms with E-state index < -0.39 is 5.97 Å². The lowest BCUT2D eigenvalue weighted by Crippen LogP contribution is -2.17. The molecule has 0 aliphatic heterocycles. The summed E-state index contributed by atoms with van der Waals surface area (Å²) in [4.78, 5) is 28.6. The van der Waals surface area contributed by atoms with Crippen LogP contribution in [0.2, 0.25) is 0 Å². The molecule has 0 bridgehead atoms. The number of nitrogens with zero attached hydrogens (tertiary/aromatic N) is 1. The van der Waals surface area contributed by atoms with Gasteiger partial charge in [-0.05, 0) is 36.2 Å². The van der Waals surface area contributed by atoms with Gasteiger partial charge in [0.1, 0.15) is 0 Å². The van der Waals surface area contributed by atoms with Gasteiger partial charge in [0, 0.05) is 11.1 Å². The zero-order valence-electron chi connectivity index (χ0n) is 15.7. The zero-order valence-corrected chi connectivity index (χ0v) is 16.5. The van der Waals surface area contributed by atoms with Crippen LogP contribution < -0.4 is 10.6 Å². The minimum atomic E-state index is -0.495. The van der Waals surface area contributed by atoms with Crippen LogP contribution >= 0.6 is 11.3 Å². The summed E-state index contributed by atoms with van der Waals surface area (Å²) in [7, 11) is 1.31. The molecule has 0 radical (unpaired) electrons. The van der Waals surface area contributed by atoms with E-state index in [0.29, 0.717) is 16.9 Å². The number of hydrogen-bond donors (Lipinski definition) is 2. The van der Waals surface area contributed by atoms with E-state index in [9.17, 15) is 9.59 Å². The lowest BCUT2D eigenvalue weighted by Gasteiger charge is -2.08. The van der Waals surface area contributed by atoms with Crippen molar-refractivity contribution in [3.05, 3.63) is 70.7 Å². The molecule has 0 aliphatic carbocycles. The number of rotatable bonds is 7. The average Bonchev–Trinajstić information content (AvgIpc) is 3.15. The molecule has 1 heterocycles. The Kier molecular flexibility index (Phi) is 6.39. The molecule has 2 aromatic carbocycles. The summed E-state index contributed by atoms with van der Waals surface area (Å²) in [5.74, 6) is -0.745. The van der Waals surface area contributed by atoms with Crippen molar-refractivity contribution in [1.29, 1.82) is 0 Å². The van der Waals surface area contributed by atoms with Crippen molar-refractivity contribution in [2.45, 2.75) is 19.8 Å². The number of aryl methyl sites for hydroxylation is 1. The number of esters is 1. The van der Waals surface area contributed by atoms with Gasteiger partial charge in [0.15, 0.2) is 5.13 Å². The van der Waals surface area contributed by atoms with Crippen LogP contribution in [-0.2, 0) is 22.4 Å². The molecule has 0 saturated carbocycles. The lowest BCUT2D eigenvalue weighted by molar-refractivity contribution is -0.115. The Morgan fingerprint density at radius 2 is 1.86 bits per heavy atom. The molecule has 1 amide bonds. The molecule has 7 heteroatoms. The summed E-state index contributed by atoms with van der Waals surface area (Å²) in [5.41, 5.74) is 3.62. The Morgan fingerprint density at radius 1 is 1.11 bits per heavy atom. The quantitative estimate of drug-likeness (QED) is 0.579. The topological polar surface area (TPSA) is 80.3 Å². The third-order valence-electron chi connectivity index (χ3n) is 4.11. The Labute approximate surface area is 167 Å². The largest absolute Gasteiger partial charge is 0.465 e. The van der Waals surface area contributed by atoms with Gasteiger partial charge < -0.3 is 15.4 Å². The normalized spacial score (nSPS) is 10.4. The third kappa shape index (κ3) is 4.95. The van der Waals surface area contributed by atoms with E-state index in [4.69, 9.17) is 4.74 Å². The van der Waals surface area contributed by atoms with Crippen LogP contribution in [0.25, 0.3) is 0 Å². The molecule has 6 nitrogen and oxygen atoms in total. The standard InChI is InChI=1S/C21H21N3O3S/c1-3-14-8-10-15(11-9-14)22-21-23-16(13-28-21)12-19(25)24-18-7-5-4-6-17(18)20(26)27-2/h4-11,13H,3,12H2,1-2H3,(H,22,23)(H,24,25). The number of thiazole rings is 1. The number of nitrogens with one attached hydrogen (secondary N) is 2. The monoisotopic (exact) mass is 395 g/mol. The minimum Gasteiger partial charge on any atom is -0.465 e. The van der Waals surface area contributed by atoms with Gasteiger partial charge in [-0.2, -0.15) is 0 Å². The van der Waals surface area contributed by atoms with Crippen LogP contribution in [0.15, 0.2) is 53.9 Å². The van der Waals surface area contributed by atoms with Gasteiger partial charge in [0.25, 0.3) is 0 Å². The Morgan fingerprint density at radius 3 is 2.57 bits per heavy atom. The maximum absolute atomic E-state index is 12.4. The number of carbonyl (C=O) groups excluding carboxylic acids is 2. The van der Waals surface area contributed by atoms with Crippen molar-refractivity contribution in [1.82, 2.24) is 4.98 Å². The SMILES string of the molecule is CCc1ccc(Nc2nc(CC(=O)Nc3ccccc3C(=O)OC)cs2)cc1. The van der Waals surface area contributed by atoms with Crippen LogP contribution in [-0.4, -0.2) is 24.0 Å². The molecule has 0 spiro atoms. The second-order valence-electron chi connectivity index (χ2n) is 6.08. The molecule has 2 N–H and O–H groups in total. The number of benzene rings is 2. The highest BCUT2D eigenvalue weighted by Crippen LogP contribution is 2.22. The number of hydrogen-bond acceptors (Lipinski definition) is 6. The molecule has 0 saturated heterocycles. The third-order valence-corrected chi connectivity index (χ3v) is 4.92. The highest BCUT2D eigenvalue weighted by Gasteiger charge is 2.14. The highest BCUT2D eigenvalue weighted by atomic mass is 32.1. The summed E-state index contributed by atoms with van der Waals surface area (Å²) in [6.45, 7) is 2.12. The summed E-state index contributed by atoms with van der Waals surface area (Å²) in [6, 6.07) is 14.9. The van der Waals surface area contributed by atoms with E-state index in [1.54, 1.807) is 24.3 Å². The van der Waals surface area contributed by atoms with Gasteiger partial charge in [0.05, 0.1) is 30.5 Å². The van der Waals surface area contributed by atoms with Crippen molar-refractivity contribution in [2.75, 3.05) is 17.7 Å². The fourth-order valence-electron chi connectivity index (χ4n) is 2.63. The number of amides is 1. The van der Waals surface area contributed by atoms with E-state index in [1.807, 2.05) is 17.5 Å². The Bertz CT molecular complexity index is 967. The Balaban J connectivity index is 1.62. The van der Waals surface area contributed by atoms with Crippen LogP contribution in [0.4, 0.5) is 16.5 Å². The van der Waals surface area contributed by atoms with Crippen molar-refractivity contribution in [2.24, 2.45) is 0 Å². The van der Waals surface area contributed by atoms with Crippen LogP contribution in [0, 0.1) is 0 Å². The van der Waals surface area contributed by atoms with Crippen LogP contribution in [0.1, 0.15) is 28.5 Å². The minimum absolute atomic E-state index is 0.114. The van der Waals surface area contributed by atoms with Gasteiger partial charge >= 0.3 is 5.97 Å². The molecule has 0 aliphatic rings. The second-order valence-corrected chi connectivity index (χ2v) is 6.94. The average molecular weight is 395 g/mol. The predicted molar refractivity (Wildman–Crippen MR) is 111 cm³/mol. The van der Waals surface area contributed by atoms with E-state index in [1.165, 1.54) is 24.0 Å². The van der Waals surface area contributed by atoms with Crippen molar-refractivity contribution in [3.8, 4) is 0 Å². The van der Waals surface area contributed by atoms with E-state index in [-0.39, 0.29) is 12.3 Å². The van der Waals surface area contributed by atoms with Gasteiger partial charge in [-0.3, -0.25) is 4.79 Å². The predicted octanol–water partition coefficient (Wildman–Crippen LogP) is 4.42. The summed E-state index contributed by atoms with van der Waals surface area (Å²) in [6.07, 6.45) is 1.11. The number of carbonyl (C=O) groups is 2. The summed E-state index contributed by atoms with van der Waals surface area (Å²) >= 11 is 1.44. The second kappa shape index (κ2) is 9.14. The highest BCUT2D eigenvalue weighted by molar-refractivity contribution is 7.13. The first-order valence-electron chi connectivity index (χ1n) is 8.86.